The fourth-order valence-electron chi connectivity index (χ4n) is 3.86. The van der Waals surface area contributed by atoms with Crippen molar-refractivity contribution in [3.63, 3.8) is 0 Å². The number of hydrogen-bond acceptors (Lipinski definition) is 5. The highest BCUT2D eigenvalue weighted by atomic mass is 16.5. The normalized spacial score (nSPS) is 17.5. The summed E-state index contributed by atoms with van der Waals surface area (Å²) in [5.74, 6) is 4.32. The van der Waals surface area contributed by atoms with E-state index in [0.717, 1.165) is 55.3 Å². The van der Waals surface area contributed by atoms with Gasteiger partial charge in [-0.25, -0.2) is 4.98 Å². The molecule has 1 unspecified atom stereocenters. The first-order chi connectivity index (χ1) is 13.6. The number of nitrogens with zero attached hydrogens (tertiary/aromatic N) is 4. The van der Waals surface area contributed by atoms with Crippen molar-refractivity contribution in [1.82, 2.24) is 19.5 Å². The molecule has 28 heavy (non-hydrogen) atoms. The van der Waals surface area contributed by atoms with Crippen molar-refractivity contribution in [2.24, 2.45) is 0 Å². The highest BCUT2D eigenvalue weighted by Gasteiger charge is 2.23. The fourth-order valence-corrected chi connectivity index (χ4v) is 3.86. The summed E-state index contributed by atoms with van der Waals surface area (Å²) < 4.78 is 7.16. The number of fused-ring (bicyclic) bond motifs is 1. The molecule has 1 aromatic carbocycles. The lowest BCUT2D eigenvalue weighted by molar-refractivity contribution is 0.198. The van der Waals surface area contributed by atoms with Gasteiger partial charge in [0.05, 0.1) is 11.4 Å². The zero-order valence-corrected chi connectivity index (χ0v) is 16.1. The topological polar surface area (TPSA) is 68.7 Å². The first-order valence-electron chi connectivity index (χ1n) is 9.63. The van der Waals surface area contributed by atoms with Gasteiger partial charge in [0.15, 0.2) is 5.65 Å². The minimum Gasteiger partial charge on any atom is -0.481 e. The number of aryl methyl sites for hydroxylation is 1. The molecule has 2 N–H and O–H groups in total. The van der Waals surface area contributed by atoms with E-state index in [1.807, 2.05) is 31.2 Å². The highest BCUT2D eigenvalue weighted by molar-refractivity contribution is 5.48. The number of piperidine rings is 1. The van der Waals surface area contributed by atoms with E-state index in [1.165, 1.54) is 5.56 Å². The molecule has 0 spiro atoms. The minimum atomic E-state index is 0.296. The molecule has 3 aromatic rings. The molecule has 3 heterocycles. The predicted octanol–water partition coefficient (Wildman–Crippen LogP) is 3.01. The summed E-state index contributed by atoms with van der Waals surface area (Å²) in [5, 5.41) is 4.39. The summed E-state index contributed by atoms with van der Waals surface area (Å²) >= 11 is 0. The summed E-state index contributed by atoms with van der Waals surface area (Å²) in [5.41, 5.74) is 10.3. The number of anilines is 1. The van der Waals surface area contributed by atoms with Crippen molar-refractivity contribution in [1.29, 1.82) is 0 Å². The first kappa shape index (κ1) is 18.3. The summed E-state index contributed by atoms with van der Waals surface area (Å²) in [6, 6.07) is 12.1. The Bertz CT molecular complexity index is 1000. The number of ether oxygens (including phenoxy) is 1. The third-order valence-electron chi connectivity index (χ3n) is 5.17. The predicted molar refractivity (Wildman–Crippen MR) is 110 cm³/mol. The lowest BCUT2D eigenvalue weighted by Gasteiger charge is -2.32. The number of benzene rings is 1. The molecular formula is C22H25N5O. The van der Waals surface area contributed by atoms with Crippen LogP contribution in [0.4, 0.5) is 5.82 Å². The molecule has 1 fully saturated rings. The Balaban J connectivity index is 1.45. The van der Waals surface area contributed by atoms with Gasteiger partial charge < -0.3 is 10.5 Å². The van der Waals surface area contributed by atoms with E-state index in [1.54, 1.807) is 4.52 Å². The van der Waals surface area contributed by atoms with Crippen molar-refractivity contribution < 1.29 is 4.74 Å². The molecular weight excluding hydrogens is 350 g/mol. The number of likely N-dealkylation sites (tertiary alicyclic amines) is 1. The Kier molecular flexibility index (Phi) is 5.18. The molecule has 1 aliphatic heterocycles. The van der Waals surface area contributed by atoms with Gasteiger partial charge in [0.25, 0.3) is 0 Å². The van der Waals surface area contributed by atoms with Crippen LogP contribution in [0.15, 0.2) is 36.4 Å². The Morgan fingerprint density at radius 1 is 1.29 bits per heavy atom. The van der Waals surface area contributed by atoms with Gasteiger partial charge >= 0.3 is 0 Å². The van der Waals surface area contributed by atoms with E-state index in [9.17, 15) is 0 Å². The molecule has 4 rings (SSSR count). The highest BCUT2D eigenvalue weighted by Crippen LogP contribution is 2.28. The maximum atomic E-state index is 6.21. The molecule has 1 atom stereocenters. The van der Waals surface area contributed by atoms with Crippen LogP contribution >= 0.6 is 0 Å². The van der Waals surface area contributed by atoms with Crippen LogP contribution < -0.4 is 10.5 Å². The van der Waals surface area contributed by atoms with Gasteiger partial charge in [-0.05, 0) is 44.0 Å². The number of terminal acetylenes is 1. The number of nitrogens with two attached hydrogens (primary N) is 1. The summed E-state index contributed by atoms with van der Waals surface area (Å²) in [6.45, 7) is 5.24. The average molecular weight is 375 g/mol. The summed E-state index contributed by atoms with van der Waals surface area (Å²) in [7, 11) is 0. The van der Waals surface area contributed by atoms with Gasteiger partial charge in [-0.15, -0.1) is 6.42 Å². The smallest absolute Gasteiger partial charge is 0.157 e. The molecule has 6 heteroatoms. The van der Waals surface area contributed by atoms with Gasteiger partial charge in [-0.3, -0.25) is 4.90 Å². The fraction of sp³-hybridized carbons (Fsp3) is 0.364. The number of nitrogen functional groups attached to an aromatic ring is 1. The third kappa shape index (κ3) is 3.95. The minimum absolute atomic E-state index is 0.296. The van der Waals surface area contributed by atoms with E-state index in [0.29, 0.717) is 18.3 Å². The second kappa shape index (κ2) is 7.91. The quantitative estimate of drug-likeness (QED) is 0.694. The second-order valence-electron chi connectivity index (χ2n) is 7.37. The van der Waals surface area contributed by atoms with Crippen LogP contribution in [-0.4, -0.2) is 39.2 Å². The number of rotatable bonds is 5. The van der Waals surface area contributed by atoms with Crippen molar-refractivity contribution in [2.45, 2.75) is 32.2 Å². The average Bonchev–Trinajstić information content (AvgIpc) is 3.08. The molecule has 1 aliphatic rings. The van der Waals surface area contributed by atoms with E-state index >= 15 is 0 Å². The van der Waals surface area contributed by atoms with Crippen molar-refractivity contribution in [3.05, 3.63) is 53.3 Å². The molecule has 0 bridgehead atoms. The maximum Gasteiger partial charge on any atom is 0.157 e. The second-order valence-corrected chi connectivity index (χ2v) is 7.37. The van der Waals surface area contributed by atoms with Gasteiger partial charge in [0.2, 0.25) is 0 Å². The summed E-state index contributed by atoms with van der Waals surface area (Å²) in [4.78, 5) is 7.30. The van der Waals surface area contributed by atoms with Gasteiger partial charge in [-0.2, -0.15) is 9.61 Å². The Labute approximate surface area is 165 Å². The first-order valence-corrected chi connectivity index (χ1v) is 9.63. The van der Waals surface area contributed by atoms with E-state index in [2.05, 4.69) is 28.1 Å². The lowest BCUT2D eigenvalue weighted by atomic mass is 9.94. The van der Waals surface area contributed by atoms with Crippen LogP contribution in [0.3, 0.4) is 0 Å². The SMILES string of the molecule is C#CCOc1ccc(CN2CCCC(c3cc(N)n4nc(C)cc4n3)C2)cc1. The van der Waals surface area contributed by atoms with Crippen LogP contribution in [0.5, 0.6) is 5.75 Å². The van der Waals surface area contributed by atoms with E-state index in [4.69, 9.17) is 21.9 Å². The third-order valence-corrected chi connectivity index (χ3v) is 5.17. The lowest BCUT2D eigenvalue weighted by Crippen LogP contribution is -2.34. The Hall–Kier alpha value is -3.04. The Morgan fingerprint density at radius 2 is 2.11 bits per heavy atom. The number of aromatic nitrogens is 3. The largest absolute Gasteiger partial charge is 0.481 e. The van der Waals surface area contributed by atoms with Crippen LogP contribution in [0.1, 0.15) is 35.7 Å². The summed E-state index contributed by atoms with van der Waals surface area (Å²) in [6.07, 6.45) is 7.51. The molecule has 2 aromatic heterocycles. The van der Waals surface area contributed by atoms with Crippen molar-refractivity contribution in [2.75, 3.05) is 25.4 Å². The number of hydrogen-bond donors (Lipinski definition) is 1. The molecule has 144 valence electrons. The molecule has 0 saturated carbocycles. The zero-order valence-electron chi connectivity index (χ0n) is 16.1. The molecule has 1 saturated heterocycles. The van der Waals surface area contributed by atoms with Crippen LogP contribution in [-0.2, 0) is 6.54 Å². The van der Waals surface area contributed by atoms with E-state index in [-0.39, 0.29) is 0 Å². The molecule has 0 aliphatic carbocycles. The van der Waals surface area contributed by atoms with Crippen LogP contribution in [0, 0.1) is 19.3 Å². The maximum absolute atomic E-state index is 6.21. The van der Waals surface area contributed by atoms with Gasteiger partial charge in [-0.1, -0.05) is 18.1 Å². The van der Waals surface area contributed by atoms with Crippen LogP contribution in [0.25, 0.3) is 5.65 Å². The van der Waals surface area contributed by atoms with Crippen LogP contribution in [0.2, 0.25) is 0 Å². The standard InChI is InChI=1S/C22H25N5O/c1-3-11-28-19-8-6-17(7-9-19)14-26-10-4-5-18(15-26)20-13-21(23)27-22(24-20)12-16(2)25-27/h1,6-9,12-13,18H,4-5,10-11,14-15,23H2,2H3. The van der Waals surface area contributed by atoms with Crippen molar-refractivity contribution in [3.8, 4) is 18.1 Å². The zero-order chi connectivity index (χ0) is 19.5. The molecule has 0 radical (unpaired) electrons. The molecule has 6 nitrogen and oxygen atoms in total. The molecule has 0 amide bonds. The van der Waals surface area contributed by atoms with Gasteiger partial charge in [0, 0.05) is 31.1 Å². The Morgan fingerprint density at radius 3 is 2.89 bits per heavy atom. The monoisotopic (exact) mass is 375 g/mol. The van der Waals surface area contributed by atoms with E-state index < -0.39 is 0 Å². The van der Waals surface area contributed by atoms with Crippen molar-refractivity contribution >= 4 is 11.5 Å². The van der Waals surface area contributed by atoms with Gasteiger partial charge in [0.1, 0.15) is 18.2 Å².